The van der Waals surface area contributed by atoms with E-state index < -0.39 is 10.8 Å². The van der Waals surface area contributed by atoms with Gasteiger partial charge in [0.2, 0.25) is 0 Å². The van der Waals surface area contributed by atoms with E-state index in [1.165, 1.54) is 11.0 Å². The zero-order valence-corrected chi connectivity index (χ0v) is 17.8. The summed E-state index contributed by atoms with van der Waals surface area (Å²) in [4.78, 5) is 39.9. The van der Waals surface area contributed by atoms with Crippen LogP contribution in [0.4, 0.5) is 16.2 Å². The minimum Gasteiger partial charge on any atom is -0.378 e. The summed E-state index contributed by atoms with van der Waals surface area (Å²) in [6.07, 6.45) is 1.54. The van der Waals surface area contributed by atoms with Crippen molar-refractivity contribution in [2.24, 2.45) is 0 Å². The van der Waals surface area contributed by atoms with Crippen LogP contribution < -0.4 is 4.90 Å². The van der Waals surface area contributed by atoms with Crippen LogP contribution in [-0.4, -0.2) is 47.3 Å². The summed E-state index contributed by atoms with van der Waals surface area (Å²) in [5, 5.41) is 11.3. The fraction of sp³-hybridized carbons (Fsp3) is 0.273. The molecule has 0 aliphatic carbocycles. The van der Waals surface area contributed by atoms with Gasteiger partial charge in [-0.25, -0.2) is 0 Å². The number of hydrogen-bond acceptors (Lipinski definition) is 7. The highest BCUT2D eigenvalue weighted by Crippen LogP contribution is 2.36. The molecule has 2 aliphatic heterocycles. The number of thioether (sulfide) groups is 1. The monoisotopic (exact) mass is 439 g/mol. The summed E-state index contributed by atoms with van der Waals surface area (Å²) in [7, 11) is 0. The van der Waals surface area contributed by atoms with E-state index in [0.29, 0.717) is 37.6 Å². The van der Waals surface area contributed by atoms with E-state index in [1.807, 2.05) is 36.1 Å². The Balaban J connectivity index is 1.58. The molecule has 4 rings (SSSR count). The van der Waals surface area contributed by atoms with Crippen LogP contribution in [0.25, 0.3) is 6.08 Å². The Labute approximate surface area is 183 Å². The first kappa shape index (κ1) is 21.1. The molecule has 2 heterocycles. The summed E-state index contributed by atoms with van der Waals surface area (Å²) in [6.45, 7) is 4.33. The number of benzene rings is 2. The van der Waals surface area contributed by atoms with Crippen molar-refractivity contribution < 1.29 is 19.2 Å². The molecule has 0 unspecified atom stereocenters. The molecule has 9 heteroatoms. The number of carbonyl (C=O) groups excluding carboxylic acids is 2. The Morgan fingerprint density at radius 1 is 1.16 bits per heavy atom. The predicted octanol–water partition coefficient (Wildman–Crippen LogP) is 3.98. The van der Waals surface area contributed by atoms with E-state index >= 15 is 0 Å². The molecule has 0 aromatic heterocycles. The van der Waals surface area contributed by atoms with Crippen molar-refractivity contribution in [3.8, 4) is 0 Å². The minimum atomic E-state index is -0.425. The minimum absolute atomic E-state index is 0.0326. The lowest BCUT2D eigenvalue weighted by atomic mass is 10.1. The second-order valence-corrected chi connectivity index (χ2v) is 8.29. The SMILES string of the molecule is Cc1ccccc1CN1C(=O)S/C(=C\c2ccc(N3CCOCC3)c([N+](=O)[O-])c2)C1=O. The van der Waals surface area contributed by atoms with Crippen molar-refractivity contribution in [1.82, 2.24) is 4.90 Å². The van der Waals surface area contributed by atoms with E-state index in [9.17, 15) is 19.7 Å². The van der Waals surface area contributed by atoms with Gasteiger partial charge < -0.3 is 9.64 Å². The van der Waals surface area contributed by atoms with E-state index in [2.05, 4.69) is 0 Å². The Kier molecular flexibility index (Phi) is 6.06. The highest BCUT2D eigenvalue weighted by molar-refractivity contribution is 8.18. The Morgan fingerprint density at radius 3 is 2.61 bits per heavy atom. The molecule has 0 atom stereocenters. The molecule has 0 spiro atoms. The standard InChI is InChI=1S/C22H21N3O5S/c1-15-4-2-3-5-17(15)14-24-21(26)20(31-22(24)27)13-16-6-7-18(19(12-16)25(28)29)23-8-10-30-11-9-23/h2-7,12-13H,8-11,14H2,1H3/b20-13-. The maximum atomic E-state index is 12.8. The Morgan fingerprint density at radius 2 is 1.90 bits per heavy atom. The first-order valence-electron chi connectivity index (χ1n) is 9.85. The first-order chi connectivity index (χ1) is 14.9. The lowest BCUT2D eigenvalue weighted by Crippen LogP contribution is -2.36. The molecule has 2 aromatic carbocycles. The van der Waals surface area contributed by atoms with E-state index in [0.717, 1.165) is 22.9 Å². The van der Waals surface area contributed by atoms with Crippen molar-refractivity contribution in [3.63, 3.8) is 0 Å². The molecule has 2 aromatic rings. The lowest BCUT2D eigenvalue weighted by Gasteiger charge is -2.28. The molecular formula is C22H21N3O5S. The largest absolute Gasteiger partial charge is 0.378 e. The molecule has 0 radical (unpaired) electrons. The molecule has 2 amide bonds. The first-order valence-corrected chi connectivity index (χ1v) is 10.7. The van der Waals surface area contributed by atoms with Crippen molar-refractivity contribution >= 4 is 40.4 Å². The maximum Gasteiger partial charge on any atom is 0.293 e. The van der Waals surface area contributed by atoms with Crippen LogP contribution in [0.2, 0.25) is 0 Å². The highest BCUT2D eigenvalue weighted by Gasteiger charge is 2.35. The molecule has 31 heavy (non-hydrogen) atoms. The summed E-state index contributed by atoms with van der Waals surface area (Å²) in [6, 6.07) is 12.4. The van der Waals surface area contributed by atoms with Gasteiger partial charge in [-0.15, -0.1) is 0 Å². The number of anilines is 1. The number of ether oxygens (including phenoxy) is 1. The summed E-state index contributed by atoms with van der Waals surface area (Å²) in [5.74, 6) is -0.391. The third-order valence-corrected chi connectivity index (χ3v) is 6.22. The van der Waals surface area contributed by atoms with Gasteiger partial charge in [-0.3, -0.25) is 24.6 Å². The van der Waals surface area contributed by atoms with Crippen LogP contribution in [0.1, 0.15) is 16.7 Å². The third kappa shape index (κ3) is 4.47. The number of nitrogens with zero attached hydrogens (tertiary/aromatic N) is 3. The fourth-order valence-corrected chi connectivity index (χ4v) is 4.43. The number of nitro groups is 1. The van der Waals surface area contributed by atoms with Crippen molar-refractivity contribution in [2.75, 3.05) is 31.2 Å². The van der Waals surface area contributed by atoms with E-state index in [-0.39, 0.29) is 22.4 Å². The second kappa shape index (κ2) is 8.91. The van der Waals surface area contributed by atoms with Gasteiger partial charge in [0, 0.05) is 19.2 Å². The van der Waals surface area contributed by atoms with Gasteiger partial charge in [0.25, 0.3) is 16.8 Å². The summed E-state index contributed by atoms with van der Waals surface area (Å²) in [5.41, 5.74) is 2.90. The molecule has 8 nitrogen and oxygen atoms in total. The van der Waals surface area contributed by atoms with Crippen molar-refractivity contribution in [2.45, 2.75) is 13.5 Å². The van der Waals surface area contributed by atoms with Crippen LogP contribution in [0.15, 0.2) is 47.4 Å². The number of rotatable bonds is 5. The Hall–Kier alpha value is -3.17. The van der Waals surface area contributed by atoms with Gasteiger partial charge in [0.05, 0.1) is 29.6 Å². The summed E-state index contributed by atoms with van der Waals surface area (Å²) >= 11 is 0.850. The number of aryl methyl sites for hydroxylation is 1. The molecule has 2 saturated heterocycles. The van der Waals surface area contributed by atoms with Crippen LogP contribution in [0, 0.1) is 17.0 Å². The molecule has 2 fully saturated rings. The van der Waals surface area contributed by atoms with Gasteiger partial charge in [-0.05, 0) is 47.5 Å². The quantitative estimate of drug-likeness (QED) is 0.395. The van der Waals surface area contributed by atoms with E-state index in [4.69, 9.17) is 4.74 Å². The summed E-state index contributed by atoms with van der Waals surface area (Å²) < 4.78 is 5.32. The normalized spacial score (nSPS) is 18.2. The average Bonchev–Trinajstić information content (AvgIpc) is 3.03. The van der Waals surface area contributed by atoms with Gasteiger partial charge in [0.15, 0.2) is 0 Å². The van der Waals surface area contributed by atoms with Crippen LogP contribution in [-0.2, 0) is 16.1 Å². The van der Waals surface area contributed by atoms with Crippen molar-refractivity contribution in [3.05, 3.63) is 74.2 Å². The Bertz CT molecular complexity index is 1080. The van der Waals surface area contributed by atoms with Gasteiger partial charge >= 0.3 is 0 Å². The van der Waals surface area contributed by atoms with Crippen LogP contribution in [0.5, 0.6) is 0 Å². The number of imide groups is 1. The molecule has 0 N–H and O–H groups in total. The van der Waals surface area contributed by atoms with Gasteiger partial charge in [-0.2, -0.15) is 0 Å². The number of amides is 2. The lowest BCUT2D eigenvalue weighted by molar-refractivity contribution is -0.384. The topological polar surface area (TPSA) is 93.0 Å². The number of carbonyl (C=O) groups is 2. The van der Waals surface area contributed by atoms with Gasteiger partial charge in [0.1, 0.15) is 5.69 Å². The molecule has 2 aliphatic rings. The van der Waals surface area contributed by atoms with Crippen LogP contribution >= 0.6 is 11.8 Å². The molecule has 0 saturated carbocycles. The molecular weight excluding hydrogens is 418 g/mol. The number of nitro benzene ring substituents is 1. The fourth-order valence-electron chi connectivity index (χ4n) is 3.59. The predicted molar refractivity (Wildman–Crippen MR) is 119 cm³/mol. The molecule has 0 bridgehead atoms. The average molecular weight is 439 g/mol. The second-order valence-electron chi connectivity index (χ2n) is 7.30. The number of morpholine rings is 1. The zero-order valence-electron chi connectivity index (χ0n) is 16.9. The van der Waals surface area contributed by atoms with E-state index in [1.54, 1.807) is 18.2 Å². The molecule has 160 valence electrons. The number of hydrogen-bond donors (Lipinski definition) is 0. The maximum absolute atomic E-state index is 12.8. The van der Waals surface area contributed by atoms with Crippen molar-refractivity contribution in [1.29, 1.82) is 0 Å². The highest BCUT2D eigenvalue weighted by atomic mass is 32.2. The zero-order chi connectivity index (χ0) is 22.0. The third-order valence-electron chi connectivity index (χ3n) is 5.31. The smallest absolute Gasteiger partial charge is 0.293 e. The van der Waals surface area contributed by atoms with Gasteiger partial charge in [-0.1, -0.05) is 30.3 Å². The van der Waals surface area contributed by atoms with Crippen LogP contribution in [0.3, 0.4) is 0 Å².